The van der Waals surface area contributed by atoms with Crippen molar-refractivity contribution >= 4 is 11.6 Å². The Labute approximate surface area is 164 Å². The molecule has 1 heterocycles. The fourth-order valence-electron chi connectivity index (χ4n) is 2.84. The van der Waals surface area contributed by atoms with E-state index >= 15 is 0 Å². The average molecular weight is 383 g/mol. The zero-order valence-corrected chi connectivity index (χ0v) is 16.2. The van der Waals surface area contributed by atoms with Crippen LogP contribution in [0.15, 0.2) is 60.9 Å². The number of ether oxygens (including phenoxy) is 2. The Kier molecular flexibility index (Phi) is 6.32. The van der Waals surface area contributed by atoms with Crippen LogP contribution >= 0.6 is 11.6 Å². The number of methoxy groups -OCH3 is 1. The number of rotatable bonds is 7. The molecule has 1 atom stereocenters. The summed E-state index contributed by atoms with van der Waals surface area (Å²) in [6, 6.07) is 15.7. The number of aryl methyl sites for hydroxylation is 1. The molecule has 0 aliphatic carbocycles. The number of aromatic nitrogens is 1. The third-order valence-electron chi connectivity index (χ3n) is 4.36. The summed E-state index contributed by atoms with van der Waals surface area (Å²) in [4.78, 5) is 4.12. The molecule has 0 radical (unpaired) electrons. The molecule has 0 amide bonds. The van der Waals surface area contributed by atoms with Crippen molar-refractivity contribution < 1.29 is 9.47 Å². The molecule has 0 aliphatic heterocycles. The quantitative estimate of drug-likeness (QED) is 0.633. The van der Waals surface area contributed by atoms with Crippen LogP contribution in [0.1, 0.15) is 28.3 Å². The molecule has 0 saturated heterocycles. The Morgan fingerprint density at radius 1 is 1.11 bits per heavy atom. The van der Waals surface area contributed by atoms with E-state index in [-0.39, 0.29) is 6.04 Å². The van der Waals surface area contributed by atoms with Crippen molar-refractivity contribution in [3.05, 3.63) is 88.2 Å². The first kappa shape index (κ1) is 19.2. The van der Waals surface area contributed by atoms with Crippen LogP contribution in [0.3, 0.4) is 0 Å². The van der Waals surface area contributed by atoms with E-state index in [9.17, 15) is 0 Å². The molecule has 0 fully saturated rings. The van der Waals surface area contributed by atoms with Gasteiger partial charge < -0.3 is 15.2 Å². The lowest BCUT2D eigenvalue weighted by molar-refractivity contribution is 0.284. The first-order valence-corrected chi connectivity index (χ1v) is 9.15. The fourth-order valence-corrected chi connectivity index (χ4v) is 3.13. The summed E-state index contributed by atoms with van der Waals surface area (Å²) in [5.74, 6) is 1.14. The predicted molar refractivity (Wildman–Crippen MR) is 108 cm³/mol. The van der Waals surface area contributed by atoms with Gasteiger partial charge in [-0.25, -0.2) is 0 Å². The molecular formula is C22H23ClN2O2. The van der Waals surface area contributed by atoms with Crippen molar-refractivity contribution in [1.29, 1.82) is 0 Å². The number of benzene rings is 2. The zero-order chi connectivity index (χ0) is 19.2. The Morgan fingerprint density at radius 2 is 1.89 bits per heavy atom. The van der Waals surface area contributed by atoms with Gasteiger partial charge in [0.15, 0.2) is 11.5 Å². The number of nitrogens with zero attached hydrogens (tertiary/aromatic N) is 1. The van der Waals surface area contributed by atoms with Gasteiger partial charge >= 0.3 is 0 Å². The van der Waals surface area contributed by atoms with Gasteiger partial charge in [0.1, 0.15) is 6.61 Å². The van der Waals surface area contributed by atoms with Gasteiger partial charge in [-0.2, -0.15) is 0 Å². The third-order valence-corrected chi connectivity index (χ3v) is 4.64. The fraction of sp³-hybridized carbons (Fsp3) is 0.227. The summed E-state index contributed by atoms with van der Waals surface area (Å²) in [6.45, 7) is 2.48. The smallest absolute Gasteiger partial charge is 0.180 e. The number of halogens is 1. The molecule has 2 aromatic carbocycles. The van der Waals surface area contributed by atoms with Crippen molar-refractivity contribution in [2.45, 2.75) is 26.0 Å². The van der Waals surface area contributed by atoms with Crippen LogP contribution in [0.2, 0.25) is 5.02 Å². The van der Waals surface area contributed by atoms with E-state index in [1.807, 2.05) is 36.4 Å². The molecular weight excluding hydrogens is 360 g/mol. The summed E-state index contributed by atoms with van der Waals surface area (Å²) in [5, 5.41) is 0.509. The van der Waals surface area contributed by atoms with Crippen LogP contribution < -0.4 is 15.2 Å². The molecule has 0 aliphatic rings. The van der Waals surface area contributed by atoms with Crippen molar-refractivity contribution in [1.82, 2.24) is 4.98 Å². The monoisotopic (exact) mass is 382 g/mol. The topological polar surface area (TPSA) is 57.4 Å². The first-order valence-electron chi connectivity index (χ1n) is 8.77. The molecule has 0 bridgehead atoms. The van der Waals surface area contributed by atoms with Crippen LogP contribution in [0.25, 0.3) is 0 Å². The third kappa shape index (κ3) is 5.00. The Hall–Kier alpha value is -2.56. The van der Waals surface area contributed by atoms with E-state index < -0.39 is 0 Å². The van der Waals surface area contributed by atoms with Gasteiger partial charge in [0.2, 0.25) is 0 Å². The molecule has 1 unspecified atom stereocenters. The maximum atomic E-state index is 6.48. The van der Waals surface area contributed by atoms with Crippen molar-refractivity contribution in [2.24, 2.45) is 5.73 Å². The molecule has 2 N–H and O–H groups in total. The number of hydrogen-bond acceptors (Lipinski definition) is 4. The summed E-state index contributed by atoms with van der Waals surface area (Å²) < 4.78 is 11.4. The summed E-state index contributed by atoms with van der Waals surface area (Å²) >= 11 is 6.48. The normalized spacial score (nSPS) is 11.9. The van der Waals surface area contributed by atoms with Gasteiger partial charge in [-0.15, -0.1) is 0 Å². The van der Waals surface area contributed by atoms with Gasteiger partial charge in [-0.05, 0) is 48.2 Å². The van der Waals surface area contributed by atoms with E-state index in [0.717, 1.165) is 16.7 Å². The SMILES string of the molecule is COc1cc(CC(N)c2cccnc2)cc(Cl)c1OCc1ccc(C)cc1. The van der Waals surface area contributed by atoms with E-state index in [1.165, 1.54) is 5.56 Å². The molecule has 140 valence electrons. The lowest BCUT2D eigenvalue weighted by Crippen LogP contribution is -2.13. The second-order valence-electron chi connectivity index (χ2n) is 6.48. The van der Waals surface area contributed by atoms with Gasteiger partial charge in [0.25, 0.3) is 0 Å². The minimum atomic E-state index is -0.168. The molecule has 3 aromatic rings. The van der Waals surface area contributed by atoms with Gasteiger partial charge in [0.05, 0.1) is 12.1 Å². The summed E-state index contributed by atoms with van der Waals surface area (Å²) in [6.07, 6.45) is 4.14. The minimum Gasteiger partial charge on any atom is -0.493 e. The van der Waals surface area contributed by atoms with Crippen LogP contribution in [0, 0.1) is 6.92 Å². The zero-order valence-electron chi connectivity index (χ0n) is 15.5. The summed E-state index contributed by atoms with van der Waals surface area (Å²) in [7, 11) is 1.61. The van der Waals surface area contributed by atoms with Gasteiger partial charge in [-0.3, -0.25) is 4.98 Å². The lowest BCUT2D eigenvalue weighted by atomic mass is 10.0. The van der Waals surface area contributed by atoms with Crippen molar-refractivity contribution in [3.8, 4) is 11.5 Å². The molecule has 5 heteroatoms. The van der Waals surface area contributed by atoms with Crippen LogP contribution in [0.5, 0.6) is 11.5 Å². The molecule has 0 saturated carbocycles. The van der Waals surface area contributed by atoms with Crippen LogP contribution in [-0.4, -0.2) is 12.1 Å². The highest BCUT2D eigenvalue weighted by atomic mass is 35.5. The molecule has 3 rings (SSSR count). The van der Waals surface area contributed by atoms with E-state index in [0.29, 0.717) is 29.5 Å². The Morgan fingerprint density at radius 3 is 2.56 bits per heavy atom. The standard InChI is InChI=1S/C22H23ClN2O2/c1-15-5-7-16(8-6-15)14-27-22-19(23)10-17(12-21(22)26-2)11-20(24)18-4-3-9-25-13-18/h3-10,12-13,20H,11,14,24H2,1-2H3. The number of pyridine rings is 1. The first-order chi connectivity index (χ1) is 13.1. The summed E-state index contributed by atoms with van der Waals surface area (Å²) in [5.41, 5.74) is 10.5. The molecule has 1 aromatic heterocycles. The van der Waals surface area contributed by atoms with Crippen LogP contribution in [0.4, 0.5) is 0 Å². The Bertz CT molecular complexity index is 883. The average Bonchev–Trinajstić information content (AvgIpc) is 2.68. The Balaban J connectivity index is 1.75. The van der Waals surface area contributed by atoms with Gasteiger partial charge in [0, 0.05) is 18.4 Å². The highest BCUT2D eigenvalue weighted by Crippen LogP contribution is 2.37. The second-order valence-corrected chi connectivity index (χ2v) is 6.89. The molecule has 4 nitrogen and oxygen atoms in total. The van der Waals surface area contributed by atoms with Crippen molar-refractivity contribution in [2.75, 3.05) is 7.11 Å². The van der Waals surface area contributed by atoms with E-state index in [2.05, 4.69) is 24.0 Å². The lowest BCUT2D eigenvalue weighted by Gasteiger charge is -2.16. The second kappa shape index (κ2) is 8.89. The molecule has 0 spiro atoms. The minimum absolute atomic E-state index is 0.168. The van der Waals surface area contributed by atoms with Crippen molar-refractivity contribution in [3.63, 3.8) is 0 Å². The van der Waals surface area contributed by atoms with Gasteiger partial charge in [-0.1, -0.05) is 47.5 Å². The number of nitrogens with two attached hydrogens (primary N) is 1. The number of hydrogen-bond donors (Lipinski definition) is 1. The maximum Gasteiger partial charge on any atom is 0.180 e. The van der Waals surface area contributed by atoms with E-state index in [4.69, 9.17) is 26.8 Å². The molecule has 27 heavy (non-hydrogen) atoms. The van der Waals surface area contributed by atoms with Crippen LogP contribution in [-0.2, 0) is 13.0 Å². The predicted octanol–water partition coefficient (Wildman–Crippen LogP) is 4.87. The maximum absolute atomic E-state index is 6.48. The highest BCUT2D eigenvalue weighted by molar-refractivity contribution is 6.32. The largest absolute Gasteiger partial charge is 0.493 e. The van der Waals surface area contributed by atoms with E-state index in [1.54, 1.807) is 19.5 Å². The highest BCUT2D eigenvalue weighted by Gasteiger charge is 2.15.